The fraction of sp³-hybridized carbons (Fsp3) is 0.200. The van der Waals surface area contributed by atoms with Crippen molar-refractivity contribution >= 4 is 27.7 Å². The number of nitrogens with one attached hydrogen (secondary N) is 2. The van der Waals surface area contributed by atoms with E-state index in [9.17, 15) is 9.59 Å². The lowest BCUT2D eigenvalue weighted by atomic mass is 10.1. The molecule has 21 heavy (non-hydrogen) atoms. The van der Waals surface area contributed by atoms with Gasteiger partial charge in [-0.25, -0.2) is 0 Å². The molecule has 0 fully saturated rings. The number of carbonyl (C=O) groups is 2. The van der Waals surface area contributed by atoms with Crippen LogP contribution in [0.5, 0.6) is 0 Å². The molecule has 2 aromatic rings. The minimum Gasteiger partial charge on any atom is -0.444 e. The Bertz CT molecular complexity index is 610. The van der Waals surface area contributed by atoms with Gasteiger partial charge in [0, 0.05) is 6.54 Å². The van der Waals surface area contributed by atoms with Crippen LogP contribution in [0, 0.1) is 0 Å². The van der Waals surface area contributed by atoms with E-state index in [4.69, 9.17) is 4.42 Å². The molecule has 0 unspecified atom stereocenters. The largest absolute Gasteiger partial charge is 0.444 e. The molecule has 0 aliphatic heterocycles. The zero-order valence-corrected chi connectivity index (χ0v) is 12.9. The van der Waals surface area contributed by atoms with Gasteiger partial charge in [-0.15, -0.1) is 0 Å². The van der Waals surface area contributed by atoms with Crippen molar-refractivity contribution in [3.05, 3.63) is 58.5 Å². The average Bonchev–Trinajstić information content (AvgIpc) is 2.92. The summed E-state index contributed by atoms with van der Waals surface area (Å²) in [4.78, 5) is 23.3. The van der Waals surface area contributed by atoms with Gasteiger partial charge < -0.3 is 15.1 Å². The van der Waals surface area contributed by atoms with Gasteiger partial charge in [0.2, 0.25) is 5.91 Å². The van der Waals surface area contributed by atoms with Crippen molar-refractivity contribution in [2.45, 2.75) is 6.42 Å². The van der Waals surface area contributed by atoms with Crippen LogP contribution in [0.25, 0.3) is 0 Å². The quantitative estimate of drug-likeness (QED) is 0.838. The Hall–Kier alpha value is -2.08. The molecule has 0 atom stereocenters. The van der Waals surface area contributed by atoms with Crippen molar-refractivity contribution < 1.29 is 14.0 Å². The van der Waals surface area contributed by atoms with Crippen LogP contribution in [0.15, 0.2) is 51.6 Å². The number of carbonyl (C=O) groups excluding carboxylic acids is 2. The summed E-state index contributed by atoms with van der Waals surface area (Å²) in [7, 11) is 0. The first-order valence-corrected chi connectivity index (χ1v) is 7.28. The highest BCUT2D eigenvalue weighted by molar-refractivity contribution is 9.10. The van der Waals surface area contributed by atoms with Crippen molar-refractivity contribution in [1.29, 1.82) is 0 Å². The van der Waals surface area contributed by atoms with Crippen molar-refractivity contribution in [2.75, 3.05) is 13.1 Å². The summed E-state index contributed by atoms with van der Waals surface area (Å²) >= 11 is 3.11. The molecule has 1 heterocycles. The average molecular weight is 351 g/mol. The van der Waals surface area contributed by atoms with Crippen LogP contribution in [0.2, 0.25) is 0 Å². The molecular weight excluding hydrogens is 336 g/mol. The van der Waals surface area contributed by atoms with E-state index in [1.54, 1.807) is 6.07 Å². The lowest BCUT2D eigenvalue weighted by Gasteiger charge is -2.06. The smallest absolute Gasteiger partial charge is 0.287 e. The van der Waals surface area contributed by atoms with Gasteiger partial charge in [-0.05, 0) is 40.0 Å². The van der Waals surface area contributed by atoms with Gasteiger partial charge >= 0.3 is 0 Å². The Morgan fingerprint density at radius 3 is 2.48 bits per heavy atom. The minimum atomic E-state index is -0.418. The summed E-state index contributed by atoms with van der Waals surface area (Å²) in [5.74, 6) is -0.484. The lowest BCUT2D eigenvalue weighted by molar-refractivity contribution is -0.120. The molecule has 0 aliphatic carbocycles. The Balaban J connectivity index is 1.67. The van der Waals surface area contributed by atoms with Gasteiger partial charge in [0.05, 0.1) is 6.54 Å². The second-order valence-corrected chi connectivity index (χ2v) is 5.15. The van der Waals surface area contributed by atoms with Crippen molar-refractivity contribution in [2.24, 2.45) is 0 Å². The van der Waals surface area contributed by atoms with Gasteiger partial charge in [-0.3, -0.25) is 9.59 Å². The maximum absolute atomic E-state index is 11.7. The standard InChI is InChI=1S/C15H15BrN2O3/c16-13-7-6-12(21-13)15(20)18-10-14(19)17-9-8-11-4-2-1-3-5-11/h1-7H,8-10H2,(H,17,19)(H,18,20). The Labute approximate surface area is 130 Å². The van der Waals surface area contributed by atoms with Crippen LogP contribution in [-0.2, 0) is 11.2 Å². The third-order valence-electron chi connectivity index (χ3n) is 2.79. The summed E-state index contributed by atoms with van der Waals surface area (Å²) in [5.41, 5.74) is 1.15. The minimum absolute atomic E-state index is 0.0774. The zero-order chi connectivity index (χ0) is 15.1. The van der Waals surface area contributed by atoms with E-state index in [1.807, 2.05) is 30.3 Å². The van der Waals surface area contributed by atoms with Gasteiger partial charge in [-0.2, -0.15) is 0 Å². The SMILES string of the molecule is O=C(CNC(=O)c1ccc(Br)o1)NCCc1ccccc1. The van der Waals surface area contributed by atoms with Crippen LogP contribution in [0.1, 0.15) is 16.1 Å². The number of hydrogen-bond acceptors (Lipinski definition) is 3. The summed E-state index contributed by atoms with van der Waals surface area (Å²) in [6, 6.07) is 13.0. The van der Waals surface area contributed by atoms with E-state index < -0.39 is 5.91 Å². The predicted molar refractivity (Wildman–Crippen MR) is 81.9 cm³/mol. The molecule has 0 spiro atoms. The molecule has 1 aromatic carbocycles. The van der Waals surface area contributed by atoms with Crippen LogP contribution in [0.4, 0.5) is 0 Å². The molecule has 2 N–H and O–H groups in total. The molecule has 1 aromatic heterocycles. The normalized spacial score (nSPS) is 10.1. The highest BCUT2D eigenvalue weighted by Gasteiger charge is 2.11. The molecule has 0 saturated carbocycles. The first-order valence-electron chi connectivity index (χ1n) is 6.49. The Kier molecular flexibility index (Phi) is 5.57. The first kappa shape index (κ1) is 15.3. The molecular formula is C15H15BrN2O3. The second kappa shape index (κ2) is 7.64. The Morgan fingerprint density at radius 1 is 1.05 bits per heavy atom. The number of furan rings is 1. The molecule has 110 valence electrons. The highest BCUT2D eigenvalue weighted by Crippen LogP contribution is 2.13. The number of hydrogen-bond donors (Lipinski definition) is 2. The third kappa shape index (κ3) is 5.07. The van der Waals surface area contributed by atoms with Gasteiger partial charge in [-0.1, -0.05) is 30.3 Å². The van der Waals surface area contributed by atoms with E-state index in [-0.39, 0.29) is 18.2 Å². The van der Waals surface area contributed by atoms with Crippen molar-refractivity contribution in [3.8, 4) is 0 Å². The topological polar surface area (TPSA) is 71.3 Å². The molecule has 0 radical (unpaired) electrons. The van der Waals surface area contributed by atoms with Crippen LogP contribution in [-0.4, -0.2) is 24.9 Å². The lowest BCUT2D eigenvalue weighted by Crippen LogP contribution is -2.37. The maximum atomic E-state index is 11.7. The molecule has 0 saturated heterocycles. The van der Waals surface area contributed by atoms with E-state index in [0.717, 1.165) is 12.0 Å². The summed E-state index contributed by atoms with van der Waals surface area (Å²) in [5, 5.41) is 5.24. The molecule has 0 bridgehead atoms. The molecule has 6 heteroatoms. The van der Waals surface area contributed by atoms with E-state index in [1.165, 1.54) is 6.07 Å². The van der Waals surface area contributed by atoms with E-state index in [0.29, 0.717) is 11.2 Å². The van der Waals surface area contributed by atoms with Gasteiger partial charge in [0.15, 0.2) is 10.4 Å². The van der Waals surface area contributed by atoms with E-state index >= 15 is 0 Å². The first-order chi connectivity index (χ1) is 10.1. The summed E-state index contributed by atoms with van der Waals surface area (Å²) in [6.45, 7) is 0.455. The number of amides is 2. The monoisotopic (exact) mass is 350 g/mol. The molecule has 2 amide bonds. The molecule has 5 nitrogen and oxygen atoms in total. The zero-order valence-electron chi connectivity index (χ0n) is 11.3. The van der Waals surface area contributed by atoms with Crippen LogP contribution < -0.4 is 10.6 Å². The van der Waals surface area contributed by atoms with Gasteiger partial charge in [0.25, 0.3) is 5.91 Å². The summed E-state index contributed by atoms with van der Waals surface area (Å²) < 4.78 is 5.56. The van der Waals surface area contributed by atoms with E-state index in [2.05, 4.69) is 26.6 Å². The third-order valence-corrected chi connectivity index (χ3v) is 3.21. The number of benzene rings is 1. The number of halogens is 1. The van der Waals surface area contributed by atoms with Gasteiger partial charge in [0.1, 0.15) is 0 Å². The predicted octanol–water partition coefficient (Wildman–Crippen LogP) is 2.13. The van der Waals surface area contributed by atoms with Crippen LogP contribution >= 0.6 is 15.9 Å². The second-order valence-electron chi connectivity index (χ2n) is 4.37. The summed E-state index contributed by atoms with van der Waals surface area (Å²) in [6.07, 6.45) is 0.756. The number of rotatable bonds is 6. The van der Waals surface area contributed by atoms with Crippen molar-refractivity contribution in [3.63, 3.8) is 0 Å². The van der Waals surface area contributed by atoms with Crippen LogP contribution in [0.3, 0.4) is 0 Å². The maximum Gasteiger partial charge on any atom is 0.287 e. The molecule has 0 aliphatic rings. The molecule has 2 rings (SSSR count). The highest BCUT2D eigenvalue weighted by atomic mass is 79.9. The Morgan fingerprint density at radius 2 is 1.81 bits per heavy atom. The fourth-order valence-corrected chi connectivity index (χ4v) is 2.04. The fourth-order valence-electron chi connectivity index (χ4n) is 1.74. The van der Waals surface area contributed by atoms with Crippen molar-refractivity contribution in [1.82, 2.24) is 10.6 Å².